The predicted octanol–water partition coefficient (Wildman–Crippen LogP) is 3.25. The summed E-state index contributed by atoms with van der Waals surface area (Å²) >= 11 is 0. The first-order valence-electron chi connectivity index (χ1n) is 7.83. The minimum Gasteiger partial charge on any atom is -0.478 e. The fraction of sp³-hybridized carbons (Fsp3) is 0.105. The molecule has 3 aromatic rings. The fourth-order valence-electron chi connectivity index (χ4n) is 2.60. The van der Waals surface area contributed by atoms with Crippen LogP contribution in [0.25, 0.3) is 17.0 Å². The highest BCUT2D eigenvalue weighted by Crippen LogP contribution is 2.23. The summed E-state index contributed by atoms with van der Waals surface area (Å²) in [4.78, 5) is 22.6. The fourth-order valence-corrected chi connectivity index (χ4v) is 2.60. The molecule has 0 bridgehead atoms. The van der Waals surface area contributed by atoms with Gasteiger partial charge in [0.2, 0.25) is 0 Å². The molecule has 0 saturated heterocycles. The zero-order valence-corrected chi connectivity index (χ0v) is 14.1. The average Bonchev–Trinajstić information content (AvgIpc) is 2.99. The first-order valence-corrected chi connectivity index (χ1v) is 7.83. The maximum atomic E-state index is 14.0. The van der Waals surface area contributed by atoms with Gasteiger partial charge in [-0.25, -0.2) is 18.4 Å². The third kappa shape index (κ3) is 3.84. The monoisotopic (exact) mass is 372 g/mol. The van der Waals surface area contributed by atoms with E-state index in [9.17, 15) is 23.5 Å². The molecule has 8 heteroatoms. The quantitative estimate of drug-likeness (QED) is 0.549. The molecule has 6 nitrogen and oxygen atoms in total. The van der Waals surface area contributed by atoms with Crippen LogP contribution < -0.4 is 0 Å². The van der Waals surface area contributed by atoms with Gasteiger partial charge in [-0.3, -0.25) is 4.68 Å². The van der Waals surface area contributed by atoms with Crippen molar-refractivity contribution in [3.05, 3.63) is 70.9 Å². The Morgan fingerprint density at radius 3 is 2.67 bits per heavy atom. The van der Waals surface area contributed by atoms with E-state index in [1.807, 2.05) is 0 Å². The Morgan fingerprint density at radius 2 is 2.00 bits per heavy atom. The van der Waals surface area contributed by atoms with Gasteiger partial charge in [-0.2, -0.15) is 5.10 Å². The Bertz CT molecular complexity index is 1070. The number of aromatic carboxylic acids is 1. The topological polar surface area (TPSA) is 81.4 Å². The standard InChI is InChI=1S/C19H14F2N2O4/c1-27-18(24)7-6-16-14-5-3-11(19(25)26)8-17(14)23(22-16)10-12-2-4-13(20)9-15(12)21/h2-9H,10H2,1H3,(H,25,26). The molecule has 0 aliphatic rings. The van der Waals surface area contributed by atoms with E-state index >= 15 is 0 Å². The van der Waals surface area contributed by atoms with Crippen molar-refractivity contribution in [1.82, 2.24) is 9.78 Å². The molecule has 1 aromatic heterocycles. The molecule has 1 heterocycles. The lowest BCUT2D eigenvalue weighted by Gasteiger charge is -2.06. The van der Waals surface area contributed by atoms with Crippen LogP contribution in [0.4, 0.5) is 8.78 Å². The highest BCUT2D eigenvalue weighted by Gasteiger charge is 2.14. The highest BCUT2D eigenvalue weighted by molar-refractivity contribution is 5.97. The van der Waals surface area contributed by atoms with Gasteiger partial charge in [0.25, 0.3) is 0 Å². The van der Waals surface area contributed by atoms with Gasteiger partial charge in [-0.1, -0.05) is 6.07 Å². The van der Waals surface area contributed by atoms with Crippen LogP contribution in [0, 0.1) is 11.6 Å². The SMILES string of the molecule is COC(=O)C=Cc1nn(Cc2ccc(F)cc2F)c2cc(C(=O)O)ccc12. The average molecular weight is 372 g/mol. The number of rotatable bonds is 5. The summed E-state index contributed by atoms with van der Waals surface area (Å²) in [7, 11) is 1.24. The Labute approximate surface area is 152 Å². The summed E-state index contributed by atoms with van der Waals surface area (Å²) in [5.74, 6) is -3.13. The number of carbonyl (C=O) groups is 2. The number of methoxy groups -OCH3 is 1. The summed E-state index contributed by atoms with van der Waals surface area (Å²) in [6, 6.07) is 7.56. The zero-order valence-electron chi connectivity index (χ0n) is 14.1. The molecule has 0 fully saturated rings. The second-order valence-corrected chi connectivity index (χ2v) is 5.67. The lowest BCUT2D eigenvalue weighted by Crippen LogP contribution is -2.05. The van der Waals surface area contributed by atoms with Gasteiger partial charge in [0.15, 0.2) is 0 Å². The molecule has 27 heavy (non-hydrogen) atoms. The molecule has 138 valence electrons. The van der Waals surface area contributed by atoms with Crippen LogP contribution in [0.2, 0.25) is 0 Å². The van der Waals surface area contributed by atoms with Crippen molar-refractivity contribution in [2.75, 3.05) is 7.11 Å². The third-order valence-corrected chi connectivity index (χ3v) is 3.94. The smallest absolute Gasteiger partial charge is 0.335 e. The molecule has 0 aliphatic heterocycles. The van der Waals surface area contributed by atoms with Crippen molar-refractivity contribution in [3.8, 4) is 0 Å². The van der Waals surface area contributed by atoms with Gasteiger partial charge in [0.05, 0.1) is 30.4 Å². The number of hydrogen-bond donors (Lipinski definition) is 1. The minimum atomic E-state index is -1.12. The maximum absolute atomic E-state index is 14.0. The number of carboxylic acids is 1. The Hall–Kier alpha value is -3.55. The van der Waals surface area contributed by atoms with E-state index in [0.717, 1.165) is 12.1 Å². The number of esters is 1. The summed E-state index contributed by atoms with van der Waals surface area (Å²) in [6.45, 7) is -0.0439. The molecule has 2 aromatic carbocycles. The number of carboxylic acid groups (broad SMARTS) is 1. The normalized spacial score (nSPS) is 11.2. The molecule has 0 aliphatic carbocycles. The molecule has 0 amide bonds. The Balaban J connectivity index is 2.11. The molecule has 1 N–H and O–H groups in total. The summed E-state index contributed by atoms with van der Waals surface area (Å²) in [6.07, 6.45) is 2.60. The summed E-state index contributed by atoms with van der Waals surface area (Å²) in [5.41, 5.74) is 1.04. The van der Waals surface area contributed by atoms with Crippen molar-refractivity contribution in [1.29, 1.82) is 0 Å². The van der Waals surface area contributed by atoms with Crippen LogP contribution >= 0.6 is 0 Å². The van der Waals surface area contributed by atoms with Crippen LogP contribution in [0.1, 0.15) is 21.6 Å². The summed E-state index contributed by atoms with van der Waals surface area (Å²) < 4.78 is 33.1. The van der Waals surface area contributed by atoms with Gasteiger partial charge in [0.1, 0.15) is 11.6 Å². The molecular weight excluding hydrogens is 358 g/mol. The Morgan fingerprint density at radius 1 is 1.22 bits per heavy atom. The lowest BCUT2D eigenvalue weighted by molar-refractivity contribution is -0.134. The molecule has 0 unspecified atom stereocenters. The number of hydrogen-bond acceptors (Lipinski definition) is 4. The number of halogens is 2. The van der Waals surface area contributed by atoms with E-state index in [2.05, 4.69) is 9.84 Å². The lowest BCUT2D eigenvalue weighted by atomic mass is 10.1. The van der Waals surface area contributed by atoms with E-state index < -0.39 is 23.6 Å². The molecule has 3 rings (SSSR count). The zero-order chi connectivity index (χ0) is 19.6. The van der Waals surface area contributed by atoms with E-state index in [-0.39, 0.29) is 17.7 Å². The van der Waals surface area contributed by atoms with Crippen LogP contribution in [0.5, 0.6) is 0 Å². The first-order chi connectivity index (χ1) is 12.9. The van der Waals surface area contributed by atoms with Crippen molar-refractivity contribution in [2.24, 2.45) is 0 Å². The van der Waals surface area contributed by atoms with Crippen LogP contribution in [0.3, 0.4) is 0 Å². The van der Waals surface area contributed by atoms with Crippen molar-refractivity contribution in [3.63, 3.8) is 0 Å². The number of benzene rings is 2. The second-order valence-electron chi connectivity index (χ2n) is 5.67. The van der Waals surface area contributed by atoms with Crippen molar-refractivity contribution >= 4 is 28.9 Å². The molecule has 0 saturated carbocycles. The van der Waals surface area contributed by atoms with Gasteiger partial charge in [-0.15, -0.1) is 0 Å². The van der Waals surface area contributed by atoms with Crippen LogP contribution in [-0.2, 0) is 16.1 Å². The van der Waals surface area contributed by atoms with Crippen molar-refractivity contribution in [2.45, 2.75) is 6.54 Å². The predicted molar refractivity (Wildman–Crippen MR) is 93.2 cm³/mol. The minimum absolute atomic E-state index is 0.0340. The van der Waals surface area contributed by atoms with Crippen molar-refractivity contribution < 1.29 is 28.2 Å². The first kappa shape index (κ1) is 18.2. The van der Waals surface area contributed by atoms with Gasteiger partial charge >= 0.3 is 11.9 Å². The van der Waals surface area contributed by atoms with Crippen LogP contribution in [0.15, 0.2) is 42.5 Å². The van der Waals surface area contributed by atoms with E-state index in [4.69, 9.17) is 0 Å². The maximum Gasteiger partial charge on any atom is 0.335 e. The highest BCUT2D eigenvalue weighted by atomic mass is 19.1. The largest absolute Gasteiger partial charge is 0.478 e. The number of carbonyl (C=O) groups excluding carboxylic acids is 1. The van der Waals surface area contributed by atoms with E-state index in [1.165, 1.54) is 42.1 Å². The third-order valence-electron chi connectivity index (χ3n) is 3.94. The van der Waals surface area contributed by atoms with E-state index in [0.29, 0.717) is 16.6 Å². The molecule has 0 radical (unpaired) electrons. The van der Waals surface area contributed by atoms with Gasteiger partial charge < -0.3 is 9.84 Å². The molecule has 0 spiro atoms. The van der Waals surface area contributed by atoms with E-state index in [1.54, 1.807) is 6.07 Å². The number of fused-ring (bicyclic) bond motifs is 1. The van der Waals surface area contributed by atoms with Crippen LogP contribution in [-0.4, -0.2) is 33.9 Å². The van der Waals surface area contributed by atoms with Gasteiger partial charge in [-0.05, 0) is 30.3 Å². The van der Waals surface area contributed by atoms with Gasteiger partial charge in [0, 0.05) is 23.1 Å². The number of aromatic nitrogens is 2. The summed E-state index contributed by atoms with van der Waals surface area (Å²) in [5, 5.41) is 14.1. The molecule has 0 atom stereocenters. The number of ether oxygens (including phenoxy) is 1. The second kappa shape index (κ2) is 7.36. The Kier molecular flexibility index (Phi) is 4.98. The number of nitrogens with zero attached hydrogens (tertiary/aromatic N) is 2. The molecular formula is C19H14F2N2O4.